The summed E-state index contributed by atoms with van der Waals surface area (Å²) in [6.45, 7) is 6.17. The molecule has 0 spiro atoms. The highest BCUT2D eigenvalue weighted by molar-refractivity contribution is 5.95. The first-order chi connectivity index (χ1) is 14.1. The smallest absolute Gasteiger partial charge is 0.252 e. The lowest BCUT2D eigenvalue weighted by Crippen LogP contribution is -2.32. The van der Waals surface area contributed by atoms with Gasteiger partial charge in [0.1, 0.15) is 5.69 Å². The molecule has 29 heavy (non-hydrogen) atoms. The van der Waals surface area contributed by atoms with Gasteiger partial charge in [0.15, 0.2) is 5.82 Å². The second kappa shape index (κ2) is 8.53. The zero-order valence-corrected chi connectivity index (χ0v) is 16.7. The number of hydrogen-bond acceptors (Lipinski definition) is 5. The average Bonchev–Trinajstić information content (AvgIpc) is 3.11. The Kier molecular flexibility index (Phi) is 5.67. The number of aryl methyl sites for hydroxylation is 2. The Morgan fingerprint density at radius 3 is 2.79 bits per heavy atom. The molecular formula is C22H25N5O2. The van der Waals surface area contributed by atoms with Gasteiger partial charge in [-0.3, -0.25) is 14.8 Å². The Hall–Kier alpha value is -3.06. The van der Waals surface area contributed by atoms with Crippen molar-refractivity contribution in [3.8, 4) is 22.6 Å². The minimum Gasteiger partial charge on any atom is -0.381 e. The van der Waals surface area contributed by atoms with Gasteiger partial charge in [0.05, 0.1) is 11.3 Å². The molecule has 0 radical (unpaired) electrons. The second-order valence-corrected chi connectivity index (χ2v) is 7.45. The summed E-state index contributed by atoms with van der Waals surface area (Å²) in [7, 11) is 0. The molecule has 1 saturated heterocycles. The van der Waals surface area contributed by atoms with Crippen LogP contribution < -0.4 is 5.32 Å². The normalized spacial score (nSPS) is 14.7. The molecule has 3 aromatic heterocycles. The molecule has 1 amide bonds. The van der Waals surface area contributed by atoms with Crippen molar-refractivity contribution in [2.45, 2.75) is 26.7 Å². The van der Waals surface area contributed by atoms with Gasteiger partial charge in [-0.15, -0.1) is 0 Å². The van der Waals surface area contributed by atoms with Crippen molar-refractivity contribution in [3.63, 3.8) is 0 Å². The highest BCUT2D eigenvalue weighted by Gasteiger charge is 2.16. The number of nitrogens with zero attached hydrogens (tertiary/aromatic N) is 3. The van der Waals surface area contributed by atoms with Crippen molar-refractivity contribution in [1.82, 2.24) is 25.3 Å². The summed E-state index contributed by atoms with van der Waals surface area (Å²) in [5, 5.41) is 3.03. The number of pyridine rings is 2. The Morgan fingerprint density at radius 1 is 1.21 bits per heavy atom. The fourth-order valence-electron chi connectivity index (χ4n) is 3.42. The van der Waals surface area contributed by atoms with Crippen LogP contribution >= 0.6 is 0 Å². The summed E-state index contributed by atoms with van der Waals surface area (Å²) in [4.78, 5) is 29.1. The van der Waals surface area contributed by atoms with Crippen LogP contribution in [0.25, 0.3) is 22.6 Å². The predicted molar refractivity (Wildman–Crippen MR) is 110 cm³/mol. The minimum absolute atomic E-state index is 0.0996. The molecule has 2 N–H and O–H groups in total. The number of imidazole rings is 1. The second-order valence-electron chi connectivity index (χ2n) is 7.45. The van der Waals surface area contributed by atoms with E-state index in [1.54, 1.807) is 18.6 Å². The molecule has 1 fully saturated rings. The number of rotatable bonds is 5. The fraction of sp³-hybridized carbons (Fsp3) is 0.364. The summed E-state index contributed by atoms with van der Waals surface area (Å²) < 4.78 is 5.37. The predicted octanol–water partition coefficient (Wildman–Crippen LogP) is 3.31. The van der Waals surface area contributed by atoms with Crippen molar-refractivity contribution < 1.29 is 9.53 Å². The molecule has 4 rings (SSSR count). The number of nitrogens with one attached hydrogen (secondary N) is 2. The maximum absolute atomic E-state index is 12.6. The van der Waals surface area contributed by atoms with E-state index in [0.29, 0.717) is 18.0 Å². The van der Waals surface area contributed by atoms with Gasteiger partial charge >= 0.3 is 0 Å². The number of ether oxygens (including phenoxy) is 1. The molecule has 0 saturated carbocycles. The van der Waals surface area contributed by atoms with Crippen molar-refractivity contribution in [2.75, 3.05) is 19.8 Å². The summed E-state index contributed by atoms with van der Waals surface area (Å²) in [6.07, 6.45) is 7.08. The van der Waals surface area contributed by atoms with Crippen LogP contribution in [0.5, 0.6) is 0 Å². The van der Waals surface area contributed by atoms with E-state index in [1.165, 1.54) is 0 Å². The topological polar surface area (TPSA) is 92.8 Å². The molecule has 7 nitrogen and oxygen atoms in total. The molecule has 150 valence electrons. The van der Waals surface area contributed by atoms with E-state index in [1.807, 2.05) is 32.0 Å². The number of carbonyl (C=O) groups excluding carboxylic acids is 1. The van der Waals surface area contributed by atoms with Crippen molar-refractivity contribution in [1.29, 1.82) is 0 Å². The van der Waals surface area contributed by atoms with E-state index in [-0.39, 0.29) is 5.91 Å². The van der Waals surface area contributed by atoms with Crippen LogP contribution in [0.15, 0.2) is 36.8 Å². The Labute approximate surface area is 170 Å². The van der Waals surface area contributed by atoms with Gasteiger partial charge in [-0.05, 0) is 56.4 Å². The van der Waals surface area contributed by atoms with Crippen LogP contribution in [-0.4, -0.2) is 45.6 Å². The molecule has 0 bridgehead atoms. The fourth-order valence-corrected chi connectivity index (χ4v) is 3.42. The van der Waals surface area contributed by atoms with Crippen LogP contribution in [0.4, 0.5) is 0 Å². The summed E-state index contributed by atoms with van der Waals surface area (Å²) in [5.41, 5.74) is 5.10. The van der Waals surface area contributed by atoms with Gasteiger partial charge in [-0.2, -0.15) is 0 Å². The lowest BCUT2D eigenvalue weighted by atomic mass is 10.0. The van der Waals surface area contributed by atoms with Gasteiger partial charge in [0.2, 0.25) is 0 Å². The maximum Gasteiger partial charge on any atom is 0.252 e. The third-order valence-electron chi connectivity index (χ3n) is 5.36. The highest BCUT2D eigenvalue weighted by atomic mass is 16.5. The Balaban J connectivity index is 1.51. The van der Waals surface area contributed by atoms with Crippen molar-refractivity contribution in [2.24, 2.45) is 5.92 Å². The van der Waals surface area contributed by atoms with E-state index >= 15 is 0 Å². The Bertz CT molecular complexity index is 988. The zero-order chi connectivity index (χ0) is 20.2. The van der Waals surface area contributed by atoms with Gasteiger partial charge in [-0.25, -0.2) is 4.98 Å². The van der Waals surface area contributed by atoms with Gasteiger partial charge < -0.3 is 15.0 Å². The Morgan fingerprint density at radius 2 is 2.03 bits per heavy atom. The van der Waals surface area contributed by atoms with E-state index in [2.05, 4.69) is 25.3 Å². The first kappa shape index (κ1) is 19.3. The van der Waals surface area contributed by atoms with Crippen LogP contribution in [0, 0.1) is 19.8 Å². The molecule has 0 atom stereocenters. The molecule has 7 heteroatoms. The monoisotopic (exact) mass is 391 g/mol. The molecule has 0 aromatic carbocycles. The highest BCUT2D eigenvalue weighted by Crippen LogP contribution is 2.24. The average molecular weight is 391 g/mol. The number of aromatic amines is 1. The molecule has 1 aliphatic rings. The number of aromatic nitrogens is 4. The quantitative estimate of drug-likeness (QED) is 0.696. The molecule has 4 heterocycles. The molecule has 0 aliphatic carbocycles. The van der Waals surface area contributed by atoms with Crippen LogP contribution in [0.2, 0.25) is 0 Å². The third kappa shape index (κ3) is 4.51. The van der Waals surface area contributed by atoms with E-state index in [4.69, 9.17) is 4.74 Å². The molecule has 3 aromatic rings. The van der Waals surface area contributed by atoms with Crippen molar-refractivity contribution >= 4 is 5.91 Å². The summed E-state index contributed by atoms with van der Waals surface area (Å²) in [5.74, 6) is 1.12. The lowest BCUT2D eigenvalue weighted by molar-refractivity contribution is 0.0642. The van der Waals surface area contributed by atoms with Crippen LogP contribution in [0.3, 0.4) is 0 Å². The number of hydrogen-bond donors (Lipinski definition) is 2. The first-order valence-electron chi connectivity index (χ1n) is 9.91. The lowest BCUT2D eigenvalue weighted by Gasteiger charge is -2.22. The zero-order valence-electron chi connectivity index (χ0n) is 16.7. The molecule has 0 unspecified atom stereocenters. The SMILES string of the molecule is Cc1nc(-c2cc(-c3cncc(C(=O)NCC4CCOCC4)c3)ccn2)[nH]c1C. The number of amides is 1. The van der Waals surface area contributed by atoms with Crippen molar-refractivity contribution in [3.05, 3.63) is 53.7 Å². The van der Waals surface area contributed by atoms with Crippen LogP contribution in [-0.2, 0) is 4.74 Å². The summed E-state index contributed by atoms with van der Waals surface area (Å²) in [6, 6.07) is 5.73. The maximum atomic E-state index is 12.6. The molecule has 1 aliphatic heterocycles. The van der Waals surface area contributed by atoms with Gasteiger partial charge in [0.25, 0.3) is 5.91 Å². The van der Waals surface area contributed by atoms with Gasteiger partial charge in [0, 0.05) is 49.6 Å². The molecular weight excluding hydrogens is 366 g/mol. The van der Waals surface area contributed by atoms with Crippen LogP contribution in [0.1, 0.15) is 34.6 Å². The van der Waals surface area contributed by atoms with E-state index < -0.39 is 0 Å². The number of H-pyrrole nitrogens is 1. The standard InChI is InChI=1S/C22H25N5O2/c1-14-15(2)27-21(26-14)20-10-17(3-6-24-20)18-9-19(13-23-12-18)22(28)25-11-16-4-7-29-8-5-16/h3,6,9-10,12-13,16H,4-5,7-8,11H2,1-2H3,(H,25,28)(H,26,27). The van der Waals surface area contributed by atoms with E-state index in [9.17, 15) is 4.79 Å². The third-order valence-corrected chi connectivity index (χ3v) is 5.36. The first-order valence-corrected chi connectivity index (χ1v) is 9.91. The minimum atomic E-state index is -0.0996. The largest absolute Gasteiger partial charge is 0.381 e. The number of carbonyl (C=O) groups is 1. The van der Waals surface area contributed by atoms with Gasteiger partial charge in [-0.1, -0.05) is 0 Å². The van der Waals surface area contributed by atoms with E-state index in [0.717, 1.165) is 60.1 Å². The summed E-state index contributed by atoms with van der Waals surface area (Å²) >= 11 is 0.